The van der Waals surface area contributed by atoms with Gasteiger partial charge in [0.15, 0.2) is 17.3 Å². The number of rotatable bonds is 3. The summed E-state index contributed by atoms with van der Waals surface area (Å²) in [6.07, 6.45) is -1.06. The molecule has 15 heavy (non-hydrogen) atoms. The van der Waals surface area contributed by atoms with Gasteiger partial charge in [-0.25, -0.2) is 4.39 Å². The molecule has 1 aromatic carbocycles. The van der Waals surface area contributed by atoms with E-state index in [1.807, 2.05) is 0 Å². The van der Waals surface area contributed by atoms with Crippen molar-refractivity contribution in [1.29, 1.82) is 0 Å². The number of benzene rings is 1. The van der Waals surface area contributed by atoms with Gasteiger partial charge in [-0.05, 0) is 13.0 Å². The van der Waals surface area contributed by atoms with E-state index in [4.69, 9.17) is 4.74 Å². The molecule has 0 fully saturated rings. The van der Waals surface area contributed by atoms with E-state index >= 15 is 0 Å². The van der Waals surface area contributed by atoms with Crippen LogP contribution in [0.25, 0.3) is 0 Å². The summed E-state index contributed by atoms with van der Waals surface area (Å²) in [6, 6.07) is 1.11. The summed E-state index contributed by atoms with van der Waals surface area (Å²) in [7, 11) is 2.40. The first-order valence-electron chi connectivity index (χ1n) is 4.30. The van der Waals surface area contributed by atoms with Crippen molar-refractivity contribution in [1.82, 2.24) is 0 Å². The van der Waals surface area contributed by atoms with Gasteiger partial charge in [0.25, 0.3) is 0 Å². The van der Waals surface area contributed by atoms with Crippen LogP contribution < -0.4 is 9.47 Å². The van der Waals surface area contributed by atoms with Gasteiger partial charge in [-0.15, -0.1) is 0 Å². The summed E-state index contributed by atoms with van der Waals surface area (Å²) in [5, 5.41) is 9.26. The van der Waals surface area contributed by atoms with E-state index in [0.717, 1.165) is 13.2 Å². The molecule has 0 aromatic heterocycles. The predicted molar refractivity (Wildman–Crippen MR) is 50.1 cm³/mol. The van der Waals surface area contributed by atoms with E-state index in [0.29, 0.717) is 0 Å². The van der Waals surface area contributed by atoms with Crippen LogP contribution in [0.5, 0.6) is 11.5 Å². The Morgan fingerprint density at radius 1 is 1.20 bits per heavy atom. The van der Waals surface area contributed by atoms with Crippen molar-refractivity contribution in [3.63, 3.8) is 0 Å². The van der Waals surface area contributed by atoms with Gasteiger partial charge in [-0.2, -0.15) is 4.39 Å². The van der Waals surface area contributed by atoms with Crippen LogP contribution >= 0.6 is 0 Å². The minimum atomic E-state index is -1.06. The van der Waals surface area contributed by atoms with Crippen LogP contribution in [0.15, 0.2) is 6.07 Å². The van der Waals surface area contributed by atoms with Crippen molar-refractivity contribution in [3.05, 3.63) is 23.3 Å². The average molecular weight is 218 g/mol. The zero-order chi connectivity index (χ0) is 11.6. The van der Waals surface area contributed by atoms with Crippen molar-refractivity contribution < 1.29 is 23.4 Å². The van der Waals surface area contributed by atoms with Gasteiger partial charge in [0.1, 0.15) is 0 Å². The first-order valence-corrected chi connectivity index (χ1v) is 4.30. The van der Waals surface area contributed by atoms with Crippen LogP contribution in [0, 0.1) is 11.6 Å². The summed E-state index contributed by atoms with van der Waals surface area (Å²) >= 11 is 0. The molecule has 0 aliphatic carbocycles. The van der Waals surface area contributed by atoms with Gasteiger partial charge in [0, 0.05) is 5.56 Å². The molecule has 0 amide bonds. The summed E-state index contributed by atoms with van der Waals surface area (Å²) in [4.78, 5) is 0. The zero-order valence-corrected chi connectivity index (χ0v) is 8.67. The lowest BCUT2D eigenvalue weighted by Gasteiger charge is -2.13. The fourth-order valence-electron chi connectivity index (χ4n) is 1.24. The molecular formula is C10H12F2O3. The predicted octanol–water partition coefficient (Wildman–Crippen LogP) is 2.04. The number of aliphatic hydroxyl groups excluding tert-OH is 1. The molecule has 1 atom stereocenters. The minimum absolute atomic E-state index is 0.0647. The molecular weight excluding hydrogens is 206 g/mol. The van der Waals surface area contributed by atoms with Gasteiger partial charge >= 0.3 is 0 Å². The highest BCUT2D eigenvalue weighted by Crippen LogP contribution is 2.34. The SMILES string of the molecule is COc1cc(C(C)O)c(F)c(OC)c1F. The van der Waals surface area contributed by atoms with Crippen LogP contribution in [-0.2, 0) is 0 Å². The Labute approximate surface area is 86.2 Å². The number of methoxy groups -OCH3 is 2. The lowest BCUT2D eigenvalue weighted by Crippen LogP contribution is -2.03. The normalized spacial score (nSPS) is 12.4. The lowest BCUT2D eigenvalue weighted by atomic mass is 10.1. The molecule has 0 aliphatic rings. The summed E-state index contributed by atoms with van der Waals surface area (Å²) in [5.41, 5.74) is -0.0647. The van der Waals surface area contributed by atoms with Gasteiger partial charge < -0.3 is 14.6 Å². The van der Waals surface area contributed by atoms with Crippen molar-refractivity contribution in [2.45, 2.75) is 13.0 Å². The van der Waals surface area contributed by atoms with E-state index in [9.17, 15) is 13.9 Å². The molecule has 1 unspecified atom stereocenters. The molecule has 1 rings (SSSR count). The van der Waals surface area contributed by atoms with Crippen LogP contribution in [0.4, 0.5) is 8.78 Å². The maximum absolute atomic E-state index is 13.5. The Balaban J connectivity index is 3.44. The molecule has 0 saturated heterocycles. The smallest absolute Gasteiger partial charge is 0.209 e. The molecule has 0 aliphatic heterocycles. The summed E-state index contributed by atoms with van der Waals surface area (Å²) < 4.78 is 36.2. The fourth-order valence-corrected chi connectivity index (χ4v) is 1.24. The van der Waals surface area contributed by atoms with Crippen LogP contribution in [-0.4, -0.2) is 19.3 Å². The lowest BCUT2D eigenvalue weighted by molar-refractivity contribution is 0.191. The average Bonchev–Trinajstić information content (AvgIpc) is 2.18. The number of hydrogen-bond donors (Lipinski definition) is 1. The third kappa shape index (κ3) is 2.02. The topological polar surface area (TPSA) is 38.7 Å². The Hall–Kier alpha value is -1.36. The van der Waals surface area contributed by atoms with Gasteiger partial charge in [-0.1, -0.05) is 0 Å². The van der Waals surface area contributed by atoms with Gasteiger partial charge in [-0.3, -0.25) is 0 Å². The molecule has 3 nitrogen and oxygen atoms in total. The van der Waals surface area contributed by atoms with Crippen molar-refractivity contribution in [3.8, 4) is 11.5 Å². The third-order valence-corrected chi connectivity index (χ3v) is 2.03. The standard InChI is InChI=1S/C10H12F2O3/c1-5(13)6-4-7(14-2)9(12)10(15-3)8(6)11/h4-5,13H,1-3H3. The molecule has 5 heteroatoms. The molecule has 0 bridgehead atoms. The number of hydrogen-bond acceptors (Lipinski definition) is 3. The van der Waals surface area contributed by atoms with Crippen LogP contribution in [0.1, 0.15) is 18.6 Å². The van der Waals surface area contributed by atoms with Crippen molar-refractivity contribution in [2.75, 3.05) is 14.2 Å². The first kappa shape index (κ1) is 11.7. The van der Waals surface area contributed by atoms with E-state index in [2.05, 4.69) is 4.74 Å². The van der Waals surface area contributed by atoms with E-state index in [1.165, 1.54) is 14.0 Å². The summed E-state index contributed by atoms with van der Waals surface area (Å²) in [6.45, 7) is 1.37. The maximum Gasteiger partial charge on any atom is 0.209 e. The maximum atomic E-state index is 13.5. The molecule has 1 aromatic rings. The number of ether oxygens (including phenoxy) is 2. The third-order valence-electron chi connectivity index (χ3n) is 2.03. The minimum Gasteiger partial charge on any atom is -0.494 e. The van der Waals surface area contributed by atoms with E-state index in [-0.39, 0.29) is 11.3 Å². The van der Waals surface area contributed by atoms with Crippen molar-refractivity contribution >= 4 is 0 Å². The fraction of sp³-hybridized carbons (Fsp3) is 0.400. The van der Waals surface area contributed by atoms with Crippen LogP contribution in [0.3, 0.4) is 0 Å². The molecule has 0 saturated carbocycles. The van der Waals surface area contributed by atoms with E-state index < -0.39 is 23.5 Å². The van der Waals surface area contributed by atoms with Gasteiger partial charge in [0.05, 0.1) is 20.3 Å². The highest BCUT2D eigenvalue weighted by atomic mass is 19.1. The highest BCUT2D eigenvalue weighted by molar-refractivity contribution is 5.42. The molecule has 84 valence electrons. The second-order valence-electron chi connectivity index (χ2n) is 3.01. The Bertz CT molecular complexity index is 364. The zero-order valence-electron chi connectivity index (χ0n) is 8.67. The number of aliphatic hydroxyl groups is 1. The first-order chi connectivity index (χ1) is 7.02. The highest BCUT2D eigenvalue weighted by Gasteiger charge is 2.21. The van der Waals surface area contributed by atoms with E-state index in [1.54, 1.807) is 0 Å². The number of halogens is 2. The molecule has 0 heterocycles. The molecule has 1 N–H and O–H groups in total. The van der Waals surface area contributed by atoms with Crippen molar-refractivity contribution in [2.24, 2.45) is 0 Å². The Kier molecular flexibility index (Phi) is 3.47. The van der Waals surface area contributed by atoms with Crippen LogP contribution in [0.2, 0.25) is 0 Å². The monoisotopic (exact) mass is 218 g/mol. The Morgan fingerprint density at radius 2 is 1.80 bits per heavy atom. The molecule has 0 spiro atoms. The second kappa shape index (κ2) is 4.44. The largest absolute Gasteiger partial charge is 0.494 e. The molecule has 0 radical (unpaired) electrons. The van der Waals surface area contributed by atoms with Gasteiger partial charge in [0.2, 0.25) is 5.82 Å². The summed E-state index contributed by atoms with van der Waals surface area (Å²) in [5.74, 6) is -2.54. The quantitative estimate of drug-likeness (QED) is 0.843. The Morgan fingerprint density at radius 3 is 2.20 bits per heavy atom. The second-order valence-corrected chi connectivity index (χ2v) is 3.01.